The molecule has 1 N–H and O–H groups in total. The Kier molecular flexibility index (Phi) is 3.97. The number of hydrogen-bond acceptors (Lipinski definition) is 2. The molecule has 3 aromatic rings. The summed E-state index contributed by atoms with van der Waals surface area (Å²) in [5.41, 5.74) is 6.51. The number of rotatable bonds is 4. The van der Waals surface area contributed by atoms with E-state index in [1.54, 1.807) is 0 Å². The molecular formula is C19H18N2. The first-order valence-corrected chi connectivity index (χ1v) is 7.13. The van der Waals surface area contributed by atoms with Gasteiger partial charge in [0.05, 0.1) is 12.3 Å². The van der Waals surface area contributed by atoms with E-state index in [1.165, 1.54) is 16.3 Å². The van der Waals surface area contributed by atoms with E-state index in [0.717, 1.165) is 17.8 Å². The summed E-state index contributed by atoms with van der Waals surface area (Å²) in [6.45, 7) is 2.77. The van der Waals surface area contributed by atoms with Crippen molar-refractivity contribution < 1.29 is 0 Å². The summed E-state index contributed by atoms with van der Waals surface area (Å²) in [6, 6.07) is 25.1. The number of nitrogens with zero attached hydrogens (tertiary/aromatic N) is 1. The van der Waals surface area contributed by atoms with E-state index in [0.29, 0.717) is 0 Å². The molecule has 0 aliphatic rings. The highest BCUT2D eigenvalue weighted by atomic mass is 15.3. The van der Waals surface area contributed by atoms with Gasteiger partial charge in [0.1, 0.15) is 0 Å². The Labute approximate surface area is 125 Å². The van der Waals surface area contributed by atoms with Gasteiger partial charge in [-0.15, -0.1) is 0 Å². The second kappa shape index (κ2) is 6.23. The Morgan fingerprint density at radius 2 is 1.57 bits per heavy atom. The lowest BCUT2D eigenvalue weighted by atomic mass is 10.0. The summed E-state index contributed by atoms with van der Waals surface area (Å²) in [4.78, 5) is 0. The Morgan fingerprint density at radius 3 is 2.38 bits per heavy atom. The van der Waals surface area contributed by atoms with Gasteiger partial charge in [-0.25, -0.2) is 0 Å². The Balaban J connectivity index is 1.73. The molecule has 0 saturated heterocycles. The van der Waals surface area contributed by atoms with Gasteiger partial charge < -0.3 is 5.43 Å². The molecule has 0 aliphatic heterocycles. The molecule has 2 nitrogen and oxygen atoms in total. The molecule has 0 spiro atoms. The fraction of sp³-hybridized carbons (Fsp3) is 0.105. The van der Waals surface area contributed by atoms with E-state index < -0.39 is 0 Å². The van der Waals surface area contributed by atoms with Crippen LogP contribution in [0.4, 0.5) is 0 Å². The smallest absolute Gasteiger partial charge is 0.0644 e. The lowest BCUT2D eigenvalue weighted by Gasteiger charge is -2.05. The minimum atomic E-state index is 0.742. The molecule has 104 valence electrons. The van der Waals surface area contributed by atoms with Gasteiger partial charge >= 0.3 is 0 Å². The van der Waals surface area contributed by atoms with E-state index in [9.17, 15) is 0 Å². The molecule has 0 aliphatic carbocycles. The van der Waals surface area contributed by atoms with Crippen LogP contribution in [0.3, 0.4) is 0 Å². The summed E-state index contributed by atoms with van der Waals surface area (Å²) in [7, 11) is 0. The van der Waals surface area contributed by atoms with Crippen LogP contribution < -0.4 is 5.43 Å². The lowest BCUT2D eigenvalue weighted by molar-refractivity contribution is 0.744. The van der Waals surface area contributed by atoms with Crippen LogP contribution in [0.1, 0.15) is 18.1 Å². The molecule has 0 fully saturated rings. The van der Waals surface area contributed by atoms with Crippen LogP contribution in [0.15, 0.2) is 77.9 Å². The highest BCUT2D eigenvalue weighted by Gasteiger charge is 1.99. The maximum Gasteiger partial charge on any atom is 0.0644 e. The molecule has 0 saturated carbocycles. The van der Waals surface area contributed by atoms with E-state index in [1.807, 2.05) is 25.1 Å². The Hall–Kier alpha value is -2.61. The fourth-order valence-corrected chi connectivity index (χ4v) is 2.32. The highest BCUT2D eigenvalue weighted by molar-refractivity contribution is 6.01. The molecule has 0 radical (unpaired) electrons. The van der Waals surface area contributed by atoms with Crippen LogP contribution in [-0.4, -0.2) is 5.71 Å². The minimum Gasteiger partial charge on any atom is -0.305 e. The fourth-order valence-electron chi connectivity index (χ4n) is 2.32. The first-order valence-electron chi connectivity index (χ1n) is 7.13. The number of fused-ring (bicyclic) bond motifs is 1. The van der Waals surface area contributed by atoms with Crippen LogP contribution in [0.25, 0.3) is 10.8 Å². The van der Waals surface area contributed by atoms with Crippen molar-refractivity contribution in [1.29, 1.82) is 0 Å². The van der Waals surface area contributed by atoms with Gasteiger partial charge in [0.15, 0.2) is 0 Å². The van der Waals surface area contributed by atoms with Crippen molar-refractivity contribution in [3.63, 3.8) is 0 Å². The van der Waals surface area contributed by atoms with Gasteiger partial charge in [0.2, 0.25) is 0 Å². The van der Waals surface area contributed by atoms with Gasteiger partial charge in [0.25, 0.3) is 0 Å². The maximum absolute atomic E-state index is 4.46. The predicted octanol–water partition coefficient (Wildman–Crippen LogP) is 4.35. The number of nitrogens with one attached hydrogen (secondary N) is 1. The third kappa shape index (κ3) is 3.29. The molecular weight excluding hydrogens is 256 g/mol. The zero-order valence-corrected chi connectivity index (χ0v) is 12.1. The third-order valence-corrected chi connectivity index (χ3v) is 3.54. The molecule has 3 rings (SSSR count). The zero-order chi connectivity index (χ0) is 14.5. The van der Waals surface area contributed by atoms with E-state index in [2.05, 4.69) is 65.1 Å². The quantitative estimate of drug-likeness (QED) is 0.555. The first kappa shape index (κ1) is 13.4. The second-order valence-electron chi connectivity index (χ2n) is 5.08. The maximum atomic E-state index is 4.46. The number of hydrazone groups is 1. The molecule has 0 heterocycles. The van der Waals surface area contributed by atoms with Crippen LogP contribution in [0, 0.1) is 0 Å². The molecule has 0 aromatic heterocycles. The average Bonchev–Trinajstić information content (AvgIpc) is 2.55. The lowest BCUT2D eigenvalue weighted by Crippen LogP contribution is -2.09. The largest absolute Gasteiger partial charge is 0.305 e. The van der Waals surface area contributed by atoms with Crippen LogP contribution in [0.2, 0.25) is 0 Å². The van der Waals surface area contributed by atoms with Crippen LogP contribution >= 0.6 is 0 Å². The SMILES string of the molecule is C/C(=N\NCc1ccccc1)c1ccc2ccccc2c1. The van der Waals surface area contributed by atoms with Crippen molar-refractivity contribution in [2.75, 3.05) is 0 Å². The van der Waals surface area contributed by atoms with Gasteiger partial charge in [-0.05, 0) is 34.9 Å². The molecule has 0 unspecified atom stereocenters. The van der Waals surface area contributed by atoms with E-state index in [4.69, 9.17) is 0 Å². The normalized spacial score (nSPS) is 11.6. The van der Waals surface area contributed by atoms with Gasteiger partial charge in [0, 0.05) is 0 Å². The number of benzene rings is 3. The second-order valence-corrected chi connectivity index (χ2v) is 5.08. The summed E-state index contributed by atoms with van der Waals surface area (Å²) >= 11 is 0. The third-order valence-electron chi connectivity index (χ3n) is 3.54. The molecule has 21 heavy (non-hydrogen) atoms. The highest BCUT2D eigenvalue weighted by Crippen LogP contribution is 2.16. The van der Waals surface area contributed by atoms with E-state index >= 15 is 0 Å². The summed E-state index contributed by atoms with van der Waals surface area (Å²) in [5, 5.41) is 6.96. The monoisotopic (exact) mass is 274 g/mol. The topological polar surface area (TPSA) is 24.4 Å². The molecule has 0 bridgehead atoms. The van der Waals surface area contributed by atoms with Crippen molar-refractivity contribution in [2.45, 2.75) is 13.5 Å². The Bertz CT molecular complexity index is 761. The predicted molar refractivity (Wildman–Crippen MR) is 89.4 cm³/mol. The molecule has 0 atom stereocenters. The first-order chi connectivity index (χ1) is 10.3. The summed E-state index contributed by atoms with van der Waals surface area (Å²) in [5.74, 6) is 0. The molecule has 3 aromatic carbocycles. The Morgan fingerprint density at radius 1 is 0.857 bits per heavy atom. The standard InChI is InChI=1S/C19H18N2/c1-15(21-20-14-16-7-3-2-4-8-16)18-12-11-17-9-5-6-10-19(17)13-18/h2-13,20H,14H2,1H3/b21-15+. The van der Waals surface area contributed by atoms with Crippen molar-refractivity contribution in [1.82, 2.24) is 5.43 Å². The van der Waals surface area contributed by atoms with Gasteiger partial charge in [-0.3, -0.25) is 0 Å². The van der Waals surface area contributed by atoms with Gasteiger partial charge in [-0.1, -0.05) is 66.7 Å². The summed E-state index contributed by atoms with van der Waals surface area (Å²) < 4.78 is 0. The molecule has 0 amide bonds. The van der Waals surface area contributed by atoms with Crippen molar-refractivity contribution in [2.24, 2.45) is 5.10 Å². The van der Waals surface area contributed by atoms with Crippen LogP contribution in [0.5, 0.6) is 0 Å². The average molecular weight is 274 g/mol. The number of hydrogen-bond donors (Lipinski definition) is 1. The van der Waals surface area contributed by atoms with Crippen molar-refractivity contribution in [3.05, 3.63) is 83.9 Å². The van der Waals surface area contributed by atoms with Crippen molar-refractivity contribution in [3.8, 4) is 0 Å². The minimum absolute atomic E-state index is 0.742. The van der Waals surface area contributed by atoms with Crippen LogP contribution in [-0.2, 0) is 6.54 Å². The zero-order valence-electron chi connectivity index (χ0n) is 12.1. The summed E-state index contributed by atoms with van der Waals surface area (Å²) in [6.07, 6.45) is 0. The van der Waals surface area contributed by atoms with E-state index in [-0.39, 0.29) is 0 Å². The molecule has 2 heteroatoms. The van der Waals surface area contributed by atoms with Gasteiger partial charge in [-0.2, -0.15) is 5.10 Å². The van der Waals surface area contributed by atoms with Crippen molar-refractivity contribution >= 4 is 16.5 Å².